The van der Waals surface area contributed by atoms with E-state index in [0.29, 0.717) is 17.2 Å². The molecule has 6 heteroatoms. The maximum atomic E-state index is 11.4. The van der Waals surface area contributed by atoms with E-state index < -0.39 is 9.84 Å². The molecule has 0 bridgehead atoms. The average molecular weight is 306 g/mol. The molecule has 19 heavy (non-hydrogen) atoms. The van der Waals surface area contributed by atoms with Crippen LogP contribution in [0.15, 0.2) is 18.2 Å². The van der Waals surface area contributed by atoms with Gasteiger partial charge >= 0.3 is 0 Å². The highest BCUT2D eigenvalue weighted by atomic mass is 35.5. The zero-order chi connectivity index (χ0) is 14.5. The summed E-state index contributed by atoms with van der Waals surface area (Å²) in [6.07, 6.45) is 0.635. The van der Waals surface area contributed by atoms with Crippen LogP contribution in [-0.2, 0) is 16.3 Å². The first kappa shape index (κ1) is 16.3. The van der Waals surface area contributed by atoms with E-state index >= 15 is 0 Å². The molecule has 1 unspecified atom stereocenters. The highest BCUT2D eigenvalue weighted by molar-refractivity contribution is 7.91. The molecule has 0 saturated heterocycles. The van der Waals surface area contributed by atoms with Gasteiger partial charge in [-0.1, -0.05) is 30.7 Å². The normalized spacial score (nSPS) is 13.3. The second-order valence-corrected chi connectivity index (χ2v) is 7.37. The fourth-order valence-corrected chi connectivity index (χ4v) is 2.51. The Balaban J connectivity index is 2.77. The lowest BCUT2D eigenvalue weighted by atomic mass is 10.1. The lowest BCUT2D eigenvalue weighted by Crippen LogP contribution is -2.19. The number of hydrogen-bond acceptors (Lipinski definition) is 4. The van der Waals surface area contributed by atoms with E-state index in [1.807, 2.05) is 19.1 Å². The van der Waals surface area contributed by atoms with Gasteiger partial charge in [0.1, 0.15) is 12.4 Å². The third kappa shape index (κ3) is 5.38. The van der Waals surface area contributed by atoms with E-state index in [2.05, 4.69) is 0 Å². The summed E-state index contributed by atoms with van der Waals surface area (Å²) in [6, 6.07) is 5.42. The molecule has 1 aromatic rings. The Labute approximate surface area is 119 Å². The number of ether oxygens (including phenoxy) is 1. The van der Waals surface area contributed by atoms with Crippen LogP contribution in [0.4, 0.5) is 0 Å². The Morgan fingerprint density at radius 3 is 2.68 bits per heavy atom. The lowest BCUT2D eigenvalue weighted by Gasteiger charge is -2.14. The topological polar surface area (TPSA) is 69.4 Å². The highest BCUT2D eigenvalue weighted by Gasteiger charge is 2.12. The predicted molar refractivity (Wildman–Crippen MR) is 78.6 cm³/mol. The molecule has 0 amide bonds. The first-order chi connectivity index (χ1) is 8.85. The van der Waals surface area contributed by atoms with Gasteiger partial charge in [0, 0.05) is 11.8 Å². The predicted octanol–water partition coefficient (Wildman–Crippen LogP) is 2.04. The van der Waals surface area contributed by atoms with Gasteiger partial charge < -0.3 is 10.5 Å². The number of halogens is 1. The zero-order valence-corrected chi connectivity index (χ0v) is 12.8. The summed E-state index contributed by atoms with van der Waals surface area (Å²) in [7, 11) is -3.03. The largest absolute Gasteiger partial charge is 0.491 e. The number of para-hydroxylation sites is 1. The number of hydrogen-bond donors (Lipinski definition) is 1. The van der Waals surface area contributed by atoms with Crippen molar-refractivity contribution in [2.24, 2.45) is 5.73 Å². The minimum atomic E-state index is -3.03. The number of benzene rings is 1. The van der Waals surface area contributed by atoms with Gasteiger partial charge in [-0.3, -0.25) is 0 Å². The Bertz CT molecular complexity index is 515. The van der Waals surface area contributed by atoms with Gasteiger partial charge in [0.25, 0.3) is 0 Å². The molecular weight excluding hydrogens is 286 g/mol. The van der Waals surface area contributed by atoms with Crippen molar-refractivity contribution < 1.29 is 13.2 Å². The number of sulfone groups is 1. The first-order valence-corrected chi connectivity index (χ1v) is 8.42. The molecule has 1 rings (SSSR count). The molecule has 0 aliphatic heterocycles. The first-order valence-electron chi connectivity index (χ1n) is 6.22. The van der Waals surface area contributed by atoms with Crippen molar-refractivity contribution in [1.29, 1.82) is 0 Å². The van der Waals surface area contributed by atoms with Crippen molar-refractivity contribution in [3.05, 3.63) is 28.8 Å². The summed E-state index contributed by atoms with van der Waals surface area (Å²) in [5, 5.41) is 0.479. The van der Waals surface area contributed by atoms with Gasteiger partial charge in [-0.2, -0.15) is 0 Å². The second-order valence-electron chi connectivity index (χ2n) is 4.49. The fourth-order valence-electron chi connectivity index (χ4n) is 1.64. The van der Waals surface area contributed by atoms with Gasteiger partial charge in [0.15, 0.2) is 9.84 Å². The van der Waals surface area contributed by atoms with Crippen molar-refractivity contribution in [2.45, 2.75) is 26.3 Å². The number of rotatable bonds is 7. The van der Waals surface area contributed by atoms with Crippen LogP contribution in [0.5, 0.6) is 5.75 Å². The molecule has 0 aromatic heterocycles. The van der Waals surface area contributed by atoms with Crippen molar-refractivity contribution >= 4 is 21.4 Å². The smallest absolute Gasteiger partial charge is 0.153 e. The molecule has 0 radical (unpaired) electrons. The average Bonchev–Trinajstić information content (AvgIpc) is 2.32. The molecule has 4 nitrogen and oxygen atoms in total. The molecular formula is C13H20ClNO3S. The summed E-state index contributed by atoms with van der Waals surface area (Å²) < 4.78 is 28.3. The SMILES string of the molecule is CCS(=O)(=O)CCOc1c(Cl)cccc1CC(C)N. The molecule has 0 aliphatic carbocycles. The Morgan fingerprint density at radius 2 is 2.11 bits per heavy atom. The summed E-state index contributed by atoms with van der Waals surface area (Å²) in [4.78, 5) is 0. The van der Waals surface area contributed by atoms with Crippen LogP contribution in [0.3, 0.4) is 0 Å². The summed E-state index contributed by atoms with van der Waals surface area (Å²) in [5.74, 6) is 0.644. The molecule has 1 aromatic carbocycles. The third-order valence-corrected chi connectivity index (χ3v) is 4.64. The second kappa shape index (κ2) is 7.12. The van der Waals surface area contributed by atoms with Crippen LogP contribution >= 0.6 is 11.6 Å². The lowest BCUT2D eigenvalue weighted by molar-refractivity contribution is 0.336. The summed E-state index contributed by atoms with van der Waals surface area (Å²) >= 11 is 6.08. The molecule has 108 valence electrons. The van der Waals surface area contributed by atoms with E-state index in [-0.39, 0.29) is 24.2 Å². The van der Waals surface area contributed by atoms with Gasteiger partial charge in [-0.25, -0.2) is 8.42 Å². The minimum absolute atomic E-state index is 0.00760. The van der Waals surface area contributed by atoms with E-state index in [9.17, 15) is 8.42 Å². The van der Waals surface area contributed by atoms with E-state index in [1.165, 1.54) is 0 Å². The molecule has 0 aliphatic rings. The maximum absolute atomic E-state index is 11.4. The molecule has 0 fully saturated rings. The zero-order valence-electron chi connectivity index (χ0n) is 11.2. The van der Waals surface area contributed by atoms with Crippen LogP contribution < -0.4 is 10.5 Å². The van der Waals surface area contributed by atoms with Gasteiger partial charge in [0.2, 0.25) is 0 Å². The molecule has 0 saturated carbocycles. The van der Waals surface area contributed by atoms with Crippen molar-refractivity contribution in [3.63, 3.8) is 0 Å². The standard InChI is InChI=1S/C13H20ClNO3S/c1-3-19(16,17)8-7-18-13-11(9-10(2)15)5-4-6-12(13)14/h4-6,10H,3,7-9,15H2,1-2H3. The minimum Gasteiger partial charge on any atom is -0.491 e. The Hall–Kier alpha value is -0.780. The number of nitrogens with two attached hydrogens (primary N) is 1. The quantitative estimate of drug-likeness (QED) is 0.837. The Morgan fingerprint density at radius 1 is 1.42 bits per heavy atom. The monoisotopic (exact) mass is 305 g/mol. The van der Waals surface area contributed by atoms with E-state index in [4.69, 9.17) is 22.1 Å². The van der Waals surface area contributed by atoms with Gasteiger partial charge in [0.05, 0.1) is 10.8 Å². The Kier molecular flexibility index (Phi) is 6.10. The van der Waals surface area contributed by atoms with Crippen molar-refractivity contribution in [1.82, 2.24) is 0 Å². The molecule has 1 atom stereocenters. The maximum Gasteiger partial charge on any atom is 0.153 e. The van der Waals surface area contributed by atoms with Gasteiger partial charge in [-0.15, -0.1) is 0 Å². The van der Waals surface area contributed by atoms with E-state index in [0.717, 1.165) is 5.56 Å². The molecule has 0 heterocycles. The summed E-state index contributed by atoms with van der Waals surface area (Å²) in [5.41, 5.74) is 6.67. The highest BCUT2D eigenvalue weighted by Crippen LogP contribution is 2.29. The van der Waals surface area contributed by atoms with Gasteiger partial charge in [-0.05, 0) is 25.0 Å². The molecule has 0 spiro atoms. The van der Waals surface area contributed by atoms with Crippen LogP contribution in [0.1, 0.15) is 19.4 Å². The van der Waals surface area contributed by atoms with Crippen LogP contribution in [0.25, 0.3) is 0 Å². The van der Waals surface area contributed by atoms with Crippen LogP contribution in [0.2, 0.25) is 5.02 Å². The van der Waals surface area contributed by atoms with Crippen molar-refractivity contribution in [2.75, 3.05) is 18.1 Å². The van der Waals surface area contributed by atoms with E-state index in [1.54, 1.807) is 13.0 Å². The third-order valence-electron chi connectivity index (χ3n) is 2.67. The summed E-state index contributed by atoms with van der Waals surface area (Å²) in [6.45, 7) is 3.62. The van der Waals surface area contributed by atoms with Crippen LogP contribution in [0, 0.1) is 0 Å². The fraction of sp³-hybridized carbons (Fsp3) is 0.538. The molecule has 2 N–H and O–H groups in total. The van der Waals surface area contributed by atoms with Crippen molar-refractivity contribution in [3.8, 4) is 5.75 Å². The van der Waals surface area contributed by atoms with Crippen LogP contribution in [-0.4, -0.2) is 32.6 Å².